The summed E-state index contributed by atoms with van der Waals surface area (Å²) in [6.07, 6.45) is 1.20. The highest BCUT2D eigenvalue weighted by Crippen LogP contribution is 2.26. The lowest BCUT2D eigenvalue weighted by Crippen LogP contribution is -2.61. The van der Waals surface area contributed by atoms with E-state index >= 15 is 0 Å². The van der Waals surface area contributed by atoms with Crippen molar-refractivity contribution in [3.8, 4) is 0 Å². The average Bonchev–Trinajstić information content (AvgIpc) is 2.55. The maximum absolute atomic E-state index is 5.49. The summed E-state index contributed by atoms with van der Waals surface area (Å²) in [6.45, 7) is 8.69. The van der Waals surface area contributed by atoms with E-state index < -0.39 is 0 Å². The van der Waals surface area contributed by atoms with Crippen molar-refractivity contribution in [3.05, 3.63) is 0 Å². The Morgan fingerprint density at radius 2 is 2.50 bits per heavy atom. The van der Waals surface area contributed by atoms with Gasteiger partial charge >= 0.3 is 0 Å². The van der Waals surface area contributed by atoms with Crippen LogP contribution in [0.1, 0.15) is 13.3 Å². The van der Waals surface area contributed by atoms with Crippen molar-refractivity contribution in [1.82, 2.24) is 10.2 Å². The van der Waals surface area contributed by atoms with Gasteiger partial charge in [-0.3, -0.25) is 4.90 Å². The predicted octanol–water partition coefficient (Wildman–Crippen LogP) is 0.0706. The fourth-order valence-corrected chi connectivity index (χ4v) is 2.36. The van der Waals surface area contributed by atoms with Crippen LogP contribution in [0, 0.1) is 0 Å². The molecule has 0 bridgehead atoms. The third-order valence-corrected chi connectivity index (χ3v) is 3.15. The van der Waals surface area contributed by atoms with Crippen LogP contribution in [-0.4, -0.2) is 49.8 Å². The van der Waals surface area contributed by atoms with E-state index in [0.29, 0.717) is 5.54 Å². The first-order valence-electron chi connectivity index (χ1n) is 4.91. The first-order valence-corrected chi connectivity index (χ1v) is 4.91. The number of ether oxygens (including phenoxy) is 1. The zero-order valence-corrected chi connectivity index (χ0v) is 7.81. The standard InChI is InChI=1S/C9H18N2O/c1-2-11-5-4-10-7-9(11)3-6-12-8-9/h10H,2-8H2,1H3/t9-/m1/s1. The number of piperazine rings is 1. The van der Waals surface area contributed by atoms with Gasteiger partial charge in [0.2, 0.25) is 0 Å². The van der Waals surface area contributed by atoms with Gasteiger partial charge in [-0.05, 0) is 13.0 Å². The van der Waals surface area contributed by atoms with Crippen LogP contribution in [0.4, 0.5) is 0 Å². The highest BCUT2D eigenvalue weighted by atomic mass is 16.5. The third-order valence-electron chi connectivity index (χ3n) is 3.15. The number of nitrogens with one attached hydrogen (secondary N) is 1. The van der Waals surface area contributed by atoms with Crippen molar-refractivity contribution in [3.63, 3.8) is 0 Å². The molecule has 2 aliphatic rings. The molecule has 1 N–H and O–H groups in total. The molecular weight excluding hydrogens is 152 g/mol. The van der Waals surface area contributed by atoms with E-state index in [1.807, 2.05) is 0 Å². The van der Waals surface area contributed by atoms with E-state index in [1.54, 1.807) is 0 Å². The van der Waals surface area contributed by atoms with Gasteiger partial charge in [0.05, 0.1) is 12.1 Å². The van der Waals surface area contributed by atoms with E-state index in [0.717, 1.165) is 32.8 Å². The van der Waals surface area contributed by atoms with Crippen molar-refractivity contribution < 1.29 is 4.74 Å². The molecule has 2 aliphatic heterocycles. The van der Waals surface area contributed by atoms with E-state index in [2.05, 4.69) is 17.1 Å². The molecule has 70 valence electrons. The molecule has 0 aromatic heterocycles. The molecule has 3 heteroatoms. The van der Waals surface area contributed by atoms with Gasteiger partial charge in [0, 0.05) is 26.2 Å². The molecule has 2 rings (SSSR count). The van der Waals surface area contributed by atoms with Gasteiger partial charge < -0.3 is 10.1 Å². The van der Waals surface area contributed by atoms with Crippen LogP contribution in [-0.2, 0) is 4.74 Å². The summed E-state index contributed by atoms with van der Waals surface area (Å²) in [5, 5.41) is 3.46. The largest absolute Gasteiger partial charge is 0.379 e. The molecule has 2 heterocycles. The van der Waals surface area contributed by atoms with Gasteiger partial charge in [-0.1, -0.05) is 6.92 Å². The van der Waals surface area contributed by atoms with Crippen molar-refractivity contribution in [1.29, 1.82) is 0 Å². The Kier molecular flexibility index (Phi) is 2.35. The Bertz CT molecular complexity index is 155. The molecule has 3 nitrogen and oxygen atoms in total. The zero-order valence-electron chi connectivity index (χ0n) is 7.81. The van der Waals surface area contributed by atoms with Gasteiger partial charge in [-0.25, -0.2) is 0 Å². The molecule has 0 radical (unpaired) electrons. The first kappa shape index (κ1) is 8.48. The fourth-order valence-electron chi connectivity index (χ4n) is 2.36. The second kappa shape index (κ2) is 3.32. The van der Waals surface area contributed by atoms with E-state index in [1.165, 1.54) is 13.0 Å². The molecular formula is C9H18N2O. The van der Waals surface area contributed by atoms with Gasteiger partial charge in [0.25, 0.3) is 0 Å². The summed E-state index contributed by atoms with van der Waals surface area (Å²) in [6, 6.07) is 0. The molecule has 0 aromatic carbocycles. The number of nitrogens with zero attached hydrogens (tertiary/aromatic N) is 1. The molecule has 0 saturated carbocycles. The average molecular weight is 170 g/mol. The highest BCUT2D eigenvalue weighted by molar-refractivity contribution is 4.98. The maximum Gasteiger partial charge on any atom is 0.0663 e. The summed E-state index contributed by atoms with van der Waals surface area (Å²) in [5.74, 6) is 0. The molecule has 0 aromatic rings. The minimum absolute atomic E-state index is 0.340. The Hall–Kier alpha value is -0.120. The smallest absolute Gasteiger partial charge is 0.0663 e. The van der Waals surface area contributed by atoms with E-state index in [4.69, 9.17) is 4.74 Å². The minimum Gasteiger partial charge on any atom is -0.379 e. The number of likely N-dealkylation sites (N-methyl/N-ethyl adjacent to an activating group) is 1. The lowest BCUT2D eigenvalue weighted by molar-refractivity contribution is 0.0496. The molecule has 1 atom stereocenters. The summed E-state index contributed by atoms with van der Waals surface area (Å²) in [7, 11) is 0. The molecule has 0 amide bonds. The molecule has 1 spiro atoms. The predicted molar refractivity (Wildman–Crippen MR) is 48.3 cm³/mol. The van der Waals surface area contributed by atoms with E-state index in [9.17, 15) is 0 Å². The maximum atomic E-state index is 5.49. The molecule has 0 aliphatic carbocycles. The quantitative estimate of drug-likeness (QED) is 0.603. The monoisotopic (exact) mass is 170 g/mol. The topological polar surface area (TPSA) is 24.5 Å². The minimum atomic E-state index is 0.340. The lowest BCUT2D eigenvalue weighted by atomic mass is 9.94. The van der Waals surface area contributed by atoms with Gasteiger partial charge in [-0.15, -0.1) is 0 Å². The normalized spacial score (nSPS) is 37.8. The van der Waals surface area contributed by atoms with Crippen LogP contribution >= 0.6 is 0 Å². The second-order valence-corrected chi connectivity index (χ2v) is 3.78. The Labute approximate surface area is 74.1 Å². The number of rotatable bonds is 1. The van der Waals surface area contributed by atoms with Gasteiger partial charge in [-0.2, -0.15) is 0 Å². The summed E-state index contributed by atoms with van der Waals surface area (Å²) >= 11 is 0. The van der Waals surface area contributed by atoms with Crippen molar-refractivity contribution in [2.45, 2.75) is 18.9 Å². The van der Waals surface area contributed by atoms with Gasteiger partial charge in [0.15, 0.2) is 0 Å². The van der Waals surface area contributed by atoms with E-state index in [-0.39, 0.29) is 0 Å². The third kappa shape index (κ3) is 1.26. The molecule has 12 heavy (non-hydrogen) atoms. The van der Waals surface area contributed by atoms with Gasteiger partial charge in [0.1, 0.15) is 0 Å². The highest BCUT2D eigenvalue weighted by Gasteiger charge is 2.41. The van der Waals surface area contributed by atoms with Crippen LogP contribution in [0.15, 0.2) is 0 Å². The molecule has 2 saturated heterocycles. The fraction of sp³-hybridized carbons (Fsp3) is 1.00. The Balaban J connectivity index is 2.07. The van der Waals surface area contributed by atoms with Crippen LogP contribution in [0.25, 0.3) is 0 Å². The van der Waals surface area contributed by atoms with Crippen molar-refractivity contribution in [2.24, 2.45) is 0 Å². The van der Waals surface area contributed by atoms with Crippen molar-refractivity contribution >= 4 is 0 Å². The van der Waals surface area contributed by atoms with Crippen LogP contribution < -0.4 is 5.32 Å². The molecule has 0 unspecified atom stereocenters. The Morgan fingerprint density at radius 1 is 1.58 bits per heavy atom. The summed E-state index contributed by atoms with van der Waals surface area (Å²) < 4.78 is 5.49. The number of hydrogen-bond donors (Lipinski definition) is 1. The zero-order chi connectivity index (χ0) is 8.44. The van der Waals surface area contributed by atoms with Crippen molar-refractivity contribution in [2.75, 3.05) is 39.4 Å². The first-order chi connectivity index (χ1) is 5.87. The van der Waals surface area contributed by atoms with Crippen LogP contribution in [0.2, 0.25) is 0 Å². The van der Waals surface area contributed by atoms with Crippen LogP contribution in [0.3, 0.4) is 0 Å². The Morgan fingerprint density at radius 3 is 3.17 bits per heavy atom. The summed E-state index contributed by atoms with van der Waals surface area (Å²) in [4.78, 5) is 2.57. The second-order valence-electron chi connectivity index (χ2n) is 3.78. The molecule has 2 fully saturated rings. The summed E-state index contributed by atoms with van der Waals surface area (Å²) in [5.41, 5.74) is 0.340. The lowest BCUT2D eigenvalue weighted by Gasteiger charge is -2.43. The van der Waals surface area contributed by atoms with Crippen LogP contribution in [0.5, 0.6) is 0 Å². The number of hydrogen-bond acceptors (Lipinski definition) is 3. The SMILES string of the molecule is CCN1CCNC[C@@]12CCOC2.